The van der Waals surface area contributed by atoms with Crippen LogP contribution in [0.3, 0.4) is 0 Å². The molecule has 0 amide bonds. The highest BCUT2D eigenvalue weighted by Gasteiger charge is 2.17. The monoisotopic (exact) mass is 311 g/mol. The molecule has 2 rings (SSSR count). The van der Waals surface area contributed by atoms with Gasteiger partial charge in [-0.2, -0.15) is 0 Å². The Kier molecular flexibility index (Phi) is 5.41. The Hall–Kier alpha value is -1.09. The summed E-state index contributed by atoms with van der Waals surface area (Å²) in [7, 11) is 0. The number of nitrogens with one attached hydrogen (secondary N) is 1. The molecular formula is C16H16Cl2FN. The Labute approximate surface area is 128 Å². The number of benzene rings is 2. The number of halogens is 3. The normalized spacial score (nSPS) is 12.4. The third kappa shape index (κ3) is 3.72. The molecule has 0 aliphatic heterocycles. The zero-order chi connectivity index (χ0) is 14.5. The standard InChI is InChI=1S/C16H16Cl2FN/c1-2-20-15(10-11-6-8-12(17)9-7-11)13-4-3-5-14(18)16(13)19/h3-9,15,20H,2,10H2,1H3. The van der Waals surface area contributed by atoms with Gasteiger partial charge < -0.3 is 5.32 Å². The van der Waals surface area contributed by atoms with Crippen molar-refractivity contribution in [2.24, 2.45) is 0 Å². The molecule has 0 fully saturated rings. The van der Waals surface area contributed by atoms with Crippen molar-refractivity contribution in [3.8, 4) is 0 Å². The smallest absolute Gasteiger partial charge is 0.146 e. The van der Waals surface area contributed by atoms with Crippen LogP contribution in [0.4, 0.5) is 4.39 Å². The first kappa shape index (κ1) is 15.3. The van der Waals surface area contributed by atoms with Gasteiger partial charge in [-0.3, -0.25) is 0 Å². The molecule has 1 nitrogen and oxygen atoms in total. The van der Waals surface area contributed by atoms with E-state index >= 15 is 0 Å². The van der Waals surface area contributed by atoms with Crippen LogP contribution in [0.5, 0.6) is 0 Å². The summed E-state index contributed by atoms with van der Waals surface area (Å²) in [4.78, 5) is 0. The fraction of sp³-hybridized carbons (Fsp3) is 0.250. The van der Waals surface area contributed by atoms with Gasteiger partial charge in [0.05, 0.1) is 5.02 Å². The van der Waals surface area contributed by atoms with Crippen LogP contribution in [0, 0.1) is 5.82 Å². The molecule has 1 atom stereocenters. The average Bonchev–Trinajstić information content (AvgIpc) is 2.44. The van der Waals surface area contributed by atoms with E-state index in [4.69, 9.17) is 23.2 Å². The predicted octanol–water partition coefficient (Wildman–Crippen LogP) is 5.03. The number of likely N-dealkylation sites (N-methyl/N-ethyl adjacent to an activating group) is 1. The molecule has 106 valence electrons. The first-order chi connectivity index (χ1) is 9.61. The summed E-state index contributed by atoms with van der Waals surface area (Å²) in [6.45, 7) is 2.75. The van der Waals surface area contributed by atoms with Crippen molar-refractivity contribution in [2.45, 2.75) is 19.4 Å². The highest BCUT2D eigenvalue weighted by molar-refractivity contribution is 6.31. The van der Waals surface area contributed by atoms with E-state index in [1.807, 2.05) is 31.2 Å². The molecule has 0 bridgehead atoms. The number of rotatable bonds is 5. The van der Waals surface area contributed by atoms with Crippen LogP contribution in [-0.2, 0) is 6.42 Å². The van der Waals surface area contributed by atoms with Crippen LogP contribution < -0.4 is 5.32 Å². The third-order valence-corrected chi connectivity index (χ3v) is 3.70. The van der Waals surface area contributed by atoms with E-state index in [1.165, 1.54) is 0 Å². The number of hydrogen-bond acceptors (Lipinski definition) is 1. The second kappa shape index (κ2) is 7.07. The summed E-state index contributed by atoms with van der Waals surface area (Å²) < 4.78 is 14.1. The van der Waals surface area contributed by atoms with Crippen LogP contribution >= 0.6 is 23.2 Å². The van der Waals surface area contributed by atoms with Crippen molar-refractivity contribution in [3.63, 3.8) is 0 Å². The molecule has 0 spiro atoms. The van der Waals surface area contributed by atoms with E-state index in [0.29, 0.717) is 17.0 Å². The summed E-state index contributed by atoms with van der Waals surface area (Å²) in [6.07, 6.45) is 0.683. The van der Waals surface area contributed by atoms with E-state index in [1.54, 1.807) is 18.2 Å². The lowest BCUT2D eigenvalue weighted by molar-refractivity contribution is 0.510. The van der Waals surface area contributed by atoms with Gasteiger partial charge in [-0.25, -0.2) is 4.39 Å². The molecule has 0 radical (unpaired) electrons. The van der Waals surface area contributed by atoms with Gasteiger partial charge in [-0.15, -0.1) is 0 Å². The Balaban J connectivity index is 2.26. The lowest BCUT2D eigenvalue weighted by Crippen LogP contribution is -2.24. The van der Waals surface area contributed by atoms with Crippen molar-refractivity contribution >= 4 is 23.2 Å². The van der Waals surface area contributed by atoms with Crippen molar-refractivity contribution in [3.05, 3.63) is 69.5 Å². The highest BCUT2D eigenvalue weighted by atomic mass is 35.5. The molecule has 4 heteroatoms. The summed E-state index contributed by atoms with van der Waals surface area (Å²) in [6, 6.07) is 12.6. The van der Waals surface area contributed by atoms with Crippen LogP contribution in [0.2, 0.25) is 10.0 Å². The van der Waals surface area contributed by atoms with Gasteiger partial charge >= 0.3 is 0 Å². The summed E-state index contributed by atoms with van der Waals surface area (Å²) in [5, 5.41) is 4.15. The lowest BCUT2D eigenvalue weighted by atomic mass is 9.98. The van der Waals surface area contributed by atoms with Crippen LogP contribution in [0.25, 0.3) is 0 Å². The van der Waals surface area contributed by atoms with Crippen molar-refractivity contribution in [1.82, 2.24) is 5.32 Å². The van der Waals surface area contributed by atoms with Gasteiger partial charge in [0.2, 0.25) is 0 Å². The average molecular weight is 312 g/mol. The highest BCUT2D eigenvalue weighted by Crippen LogP contribution is 2.26. The summed E-state index contributed by atoms with van der Waals surface area (Å²) in [5.74, 6) is -0.353. The minimum Gasteiger partial charge on any atom is -0.310 e. The zero-order valence-electron chi connectivity index (χ0n) is 11.2. The van der Waals surface area contributed by atoms with E-state index in [2.05, 4.69) is 5.32 Å². The van der Waals surface area contributed by atoms with Crippen LogP contribution in [-0.4, -0.2) is 6.54 Å². The van der Waals surface area contributed by atoms with E-state index in [-0.39, 0.29) is 16.9 Å². The maximum atomic E-state index is 14.1. The fourth-order valence-electron chi connectivity index (χ4n) is 2.18. The topological polar surface area (TPSA) is 12.0 Å². The Bertz CT molecular complexity index is 569. The maximum absolute atomic E-state index is 14.1. The second-order valence-corrected chi connectivity index (χ2v) is 5.43. The molecule has 1 N–H and O–H groups in total. The van der Waals surface area contributed by atoms with Crippen molar-refractivity contribution < 1.29 is 4.39 Å². The number of hydrogen-bond donors (Lipinski definition) is 1. The molecule has 0 aliphatic rings. The van der Waals surface area contributed by atoms with E-state index < -0.39 is 0 Å². The van der Waals surface area contributed by atoms with Crippen molar-refractivity contribution in [1.29, 1.82) is 0 Å². The largest absolute Gasteiger partial charge is 0.310 e. The minimum atomic E-state index is -0.353. The van der Waals surface area contributed by atoms with Gasteiger partial charge in [-0.1, -0.05) is 54.4 Å². The SMILES string of the molecule is CCNC(Cc1ccc(Cl)cc1)c1cccc(Cl)c1F. The third-order valence-electron chi connectivity index (χ3n) is 3.16. The van der Waals surface area contributed by atoms with Gasteiger partial charge in [0.1, 0.15) is 5.82 Å². The predicted molar refractivity (Wildman–Crippen MR) is 83.0 cm³/mol. The second-order valence-electron chi connectivity index (χ2n) is 4.58. The molecule has 0 aliphatic carbocycles. The quantitative estimate of drug-likeness (QED) is 0.817. The van der Waals surface area contributed by atoms with Gasteiger partial charge in [0.15, 0.2) is 0 Å². The van der Waals surface area contributed by atoms with Crippen LogP contribution in [0.15, 0.2) is 42.5 Å². The molecule has 1 unspecified atom stereocenters. The first-order valence-corrected chi connectivity index (χ1v) is 7.29. The molecular weight excluding hydrogens is 296 g/mol. The molecule has 0 heterocycles. The Morgan fingerprint density at radius 1 is 1.10 bits per heavy atom. The fourth-order valence-corrected chi connectivity index (χ4v) is 2.49. The zero-order valence-corrected chi connectivity index (χ0v) is 12.7. The van der Waals surface area contributed by atoms with Gasteiger partial charge in [0, 0.05) is 16.6 Å². The first-order valence-electron chi connectivity index (χ1n) is 6.53. The Morgan fingerprint density at radius 3 is 2.45 bits per heavy atom. The molecule has 2 aromatic rings. The molecule has 2 aromatic carbocycles. The van der Waals surface area contributed by atoms with Crippen LogP contribution in [0.1, 0.15) is 24.1 Å². The van der Waals surface area contributed by atoms with Gasteiger partial charge in [0.25, 0.3) is 0 Å². The molecule has 0 aromatic heterocycles. The maximum Gasteiger partial charge on any atom is 0.146 e. The summed E-state index contributed by atoms with van der Waals surface area (Å²) >= 11 is 11.7. The summed E-state index contributed by atoms with van der Waals surface area (Å²) in [5.41, 5.74) is 1.69. The van der Waals surface area contributed by atoms with E-state index in [9.17, 15) is 4.39 Å². The lowest BCUT2D eigenvalue weighted by Gasteiger charge is -2.19. The Morgan fingerprint density at radius 2 is 1.80 bits per heavy atom. The molecule has 0 saturated heterocycles. The van der Waals surface area contributed by atoms with E-state index in [0.717, 1.165) is 12.1 Å². The minimum absolute atomic E-state index is 0.111. The molecule has 0 saturated carbocycles. The molecule has 20 heavy (non-hydrogen) atoms. The van der Waals surface area contributed by atoms with Crippen molar-refractivity contribution in [2.75, 3.05) is 6.54 Å². The van der Waals surface area contributed by atoms with Gasteiger partial charge in [-0.05, 0) is 36.7 Å².